The lowest BCUT2D eigenvalue weighted by Gasteiger charge is -2.13. The monoisotopic (exact) mass is 532 g/mol. The Morgan fingerprint density at radius 2 is 0.900 bits per heavy atom. The van der Waals surface area contributed by atoms with Crippen LogP contribution in [-0.4, -0.2) is 0 Å². The number of furan rings is 2. The molecule has 0 atom stereocenters. The van der Waals surface area contributed by atoms with Crippen molar-refractivity contribution in [1.82, 2.24) is 0 Å². The minimum absolute atomic E-state index is 0.162. The van der Waals surface area contributed by atoms with Crippen LogP contribution in [0.25, 0.3) is 87.7 Å². The summed E-state index contributed by atoms with van der Waals surface area (Å²) in [4.78, 5) is 0. The molecular formula is C38H22O2. The highest BCUT2D eigenvalue weighted by Crippen LogP contribution is 2.41. The van der Waals surface area contributed by atoms with Crippen LogP contribution in [0, 0.1) is 0 Å². The molecule has 0 saturated heterocycles. The van der Waals surface area contributed by atoms with Gasteiger partial charge in [0.2, 0.25) is 0 Å². The Balaban J connectivity index is 1.44. The quantitative estimate of drug-likeness (QED) is 0.207. The predicted octanol–water partition coefficient (Wildman–Crippen LogP) is 11.1. The van der Waals surface area contributed by atoms with E-state index in [2.05, 4.69) is 0 Å². The fourth-order valence-corrected chi connectivity index (χ4v) is 4.87. The third-order valence-corrected chi connectivity index (χ3v) is 6.58. The first-order valence-corrected chi connectivity index (χ1v) is 11.8. The average molecular weight is 533 g/mol. The molecule has 0 saturated carbocycles. The molecule has 0 aliphatic rings. The molecule has 2 heterocycles. The highest BCUT2D eigenvalue weighted by atomic mass is 16.3. The molecule has 0 fully saturated rings. The molecular weight excluding hydrogens is 488 g/mol. The van der Waals surface area contributed by atoms with Crippen molar-refractivity contribution in [1.29, 1.82) is 0 Å². The molecule has 186 valence electrons. The van der Waals surface area contributed by atoms with Gasteiger partial charge in [0.15, 0.2) is 0 Å². The summed E-state index contributed by atoms with van der Waals surface area (Å²) in [6.45, 7) is 0. The van der Waals surface area contributed by atoms with E-state index in [1.54, 1.807) is 0 Å². The summed E-state index contributed by atoms with van der Waals surface area (Å²) in [5.74, 6) is 0. The molecule has 0 N–H and O–H groups in total. The van der Waals surface area contributed by atoms with E-state index in [0.29, 0.717) is 0 Å². The van der Waals surface area contributed by atoms with Crippen molar-refractivity contribution in [3.8, 4) is 22.3 Å². The zero-order valence-corrected chi connectivity index (χ0v) is 19.8. The van der Waals surface area contributed by atoms with E-state index in [4.69, 9.17) is 30.8 Å². The summed E-state index contributed by atoms with van der Waals surface area (Å²) in [7, 11) is 0. The molecule has 2 aromatic heterocycles. The lowest BCUT2D eigenvalue weighted by molar-refractivity contribution is 0.663. The van der Waals surface area contributed by atoms with Crippen molar-refractivity contribution in [2.24, 2.45) is 0 Å². The summed E-state index contributed by atoms with van der Waals surface area (Å²) >= 11 is 0. The first kappa shape index (κ1) is 9.39. The van der Waals surface area contributed by atoms with Crippen LogP contribution in [0.1, 0.15) is 30.2 Å². The maximum absolute atomic E-state index is 9.30. The zero-order valence-electron chi connectivity index (χ0n) is 41.8. The van der Waals surface area contributed by atoms with Crippen LogP contribution in [-0.2, 0) is 0 Å². The van der Waals surface area contributed by atoms with Gasteiger partial charge in [0.25, 0.3) is 0 Å². The van der Waals surface area contributed by atoms with E-state index in [1.807, 2.05) is 0 Å². The molecule has 0 unspecified atom stereocenters. The molecule has 2 nitrogen and oxygen atoms in total. The standard InChI is InChI=1S/C38H22O2/c1-3-9-28-26(7-1)21-27-8-2-4-10-29(27)36(28)24-15-13-23(14-16-24)25-17-18-31-35(22-25)40-34-20-19-33-37(38(31)34)30-11-5-6-12-32(30)39-33/h1-22H/i1D,2D,3D,4D,5D,6D,7D,8D,9D,10D,11D,12D,13D,14D,15D,16D,17D,18D,19D,20D,21D,22D. The zero-order chi connectivity index (χ0) is 45.4. The van der Waals surface area contributed by atoms with Crippen molar-refractivity contribution in [2.75, 3.05) is 0 Å². The Kier molecular flexibility index (Phi) is 1.90. The van der Waals surface area contributed by atoms with Gasteiger partial charge in [-0.05, 0) is 80.1 Å². The van der Waals surface area contributed by atoms with Crippen LogP contribution >= 0.6 is 0 Å². The second kappa shape index (κ2) is 8.08. The van der Waals surface area contributed by atoms with E-state index in [0.717, 1.165) is 0 Å². The Hall–Kier alpha value is -5.34. The SMILES string of the molecule is [2H]c1c([2H])c(-c2c3c([2H])c([2H])c([2H])c([2H])c3c([2H])c3c([2H])c([2H])c([2H])c([2H])c23)c([2H])c([2H])c1-c1c([2H])c([2H])c2c(oc3c([2H])c([2H])c4oc5c([2H])c([2H])c([2H])c([2H])c5c4c32)c1[2H]. The summed E-state index contributed by atoms with van der Waals surface area (Å²) in [6, 6.07) is -17.0. The largest absolute Gasteiger partial charge is 0.456 e. The molecule has 0 bridgehead atoms. The van der Waals surface area contributed by atoms with Gasteiger partial charge < -0.3 is 8.83 Å². The Bertz CT molecular complexity index is 3550. The second-order valence-electron chi connectivity index (χ2n) is 8.77. The molecule has 0 amide bonds. The smallest absolute Gasteiger partial charge is 0.136 e. The van der Waals surface area contributed by atoms with Gasteiger partial charge >= 0.3 is 0 Å². The van der Waals surface area contributed by atoms with E-state index in [9.17, 15) is 8.22 Å². The Morgan fingerprint density at radius 3 is 1.60 bits per heavy atom. The molecule has 0 radical (unpaired) electrons. The number of rotatable bonds is 2. The van der Waals surface area contributed by atoms with Crippen LogP contribution in [0.3, 0.4) is 0 Å². The Morgan fingerprint density at radius 1 is 0.375 bits per heavy atom. The summed E-state index contributed by atoms with van der Waals surface area (Å²) in [5, 5.41) is -3.03. The Labute approximate surface area is 260 Å². The van der Waals surface area contributed by atoms with E-state index >= 15 is 0 Å². The number of fused-ring (bicyclic) bond motifs is 9. The van der Waals surface area contributed by atoms with Crippen LogP contribution in [0.15, 0.2) is 142 Å². The van der Waals surface area contributed by atoms with Gasteiger partial charge in [0.05, 0.1) is 30.2 Å². The molecule has 40 heavy (non-hydrogen) atoms. The third-order valence-electron chi connectivity index (χ3n) is 6.58. The number of para-hydroxylation sites is 1. The number of benzene rings is 7. The average Bonchev–Trinajstić information content (AvgIpc) is 3.84. The molecule has 0 aliphatic heterocycles. The van der Waals surface area contributed by atoms with Gasteiger partial charge in [-0.25, -0.2) is 0 Å². The van der Waals surface area contributed by atoms with Crippen molar-refractivity contribution in [3.63, 3.8) is 0 Å². The van der Waals surface area contributed by atoms with Crippen LogP contribution in [0.4, 0.5) is 0 Å². The van der Waals surface area contributed by atoms with Crippen molar-refractivity contribution in [2.45, 2.75) is 0 Å². The van der Waals surface area contributed by atoms with Crippen LogP contribution in [0.2, 0.25) is 0 Å². The molecule has 9 rings (SSSR count). The first-order valence-electron chi connectivity index (χ1n) is 22.8. The minimum Gasteiger partial charge on any atom is -0.456 e. The minimum atomic E-state index is -0.954. The molecule has 2 heteroatoms. The van der Waals surface area contributed by atoms with Gasteiger partial charge in [-0.3, -0.25) is 0 Å². The molecule has 0 spiro atoms. The van der Waals surface area contributed by atoms with Crippen LogP contribution in [0.5, 0.6) is 0 Å². The van der Waals surface area contributed by atoms with Crippen molar-refractivity contribution in [3.05, 3.63) is 133 Å². The maximum Gasteiger partial charge on any atom is 0.136 e. The van der Waals surface area contributed by atoms with Crippen molar-refractivity contribution >= 4 is 65.4 Å². The van der Waals surface area contributed by atoms with Gasteiger partial charge in [-0.1, -0.05) is 96.7 Å². The second-order valence-corrected chi connectivity index (χ2v) is 8.77. The van der Waals surface area contributed by atoms with Crippen LogP contribution < -0.4 is 0 Å². The highest BCUT2D eigenvalue weighted by Gasteiger charge is 2.17. The summed E-state index contributed by atoms with van der Waals surface area (Å²) in [5.41, 5.74) is -4.34. The van der Waals surface area contributed by atoms with Gasteiger partial charge in [-0.15, -0.1) is 0 Å². The fourth-order valence-electron chi connectivity index (χ4n) is 4.87. The maximum atomic E-state index is 9.30. The lowest BCUT2D eigenvalue weighted by atomic mass is 9.91. The van der Waals surface area contributed by atoms with E-state index < -0.39 is 188 Å². The number of hydrogen-bond acceptors (Lipinski definition) is 2. The lowest BCUT2D eigenvalue weighted by Crippen LogP contribution is -1.86. The molecule has 7 aromatic carbocycles. The van der Waals surface area contributed by atoms with Gasteiger partial charge in [0, 0.05) is 21.5 Å². The molecule has 9 aromatic rings. The number of hydrogen-bond donors (Lipinski definition) is 0. The first-order chi connectivity index (χ1) is 29.0. The summed E-state index contributed by atoms with van der Waals surface area (Å²) in [6.07, 6.45) is 0. The predicted molar refractivity (Wildman–Crippen MR) is 167 cm³/mol. The topological polar surface area (TPSA) is 26.3 Å². The highest BCUT2D eigenvalue weighted by molar-refractivity contribution is 6.25. The normalized spacial score (nSPS) is 19.7. The van der Waals surface area contributed by atoms with E-state index in [1.165, 1.54) is 0 Å². The summed E-state index contributed by atoms with van der Waals surface area (Å²) < 4.78 is 205. The van der Waals surface area contributed by atoms with Gasteiger partial charge in [-0.2, -0.15) is 0 Å². The van der Waals surface area contributed by atoms with Crippen molar-refractivity contribution < 1.29 is 39.0 Å². The fraction of sp³-hybridized carbons (Fsp3) is 0. The molecule has 0 aliphatic carbocycles. The van der Waals surface area contributed by atoms with E-state index in [-0.39, 0.29) is 32.7 Å². The third kappa shape index (κ3) is 3.05. The van der Waals surface area contributed by atoms with Gasteiger partial charge in [0.1, 0.15) is 22.3 Å².